The van der Waals surface area contributed by atoms with Crippen molar-refractivity contribution in [3.63, 3.8) is 0 Å². The van der Waals surface area contributed by atoms with Crippen LogP contribution in [0.25, 0.3) is 0 Å². The number of guanidine groups is 1. The Balaban J connectivity index is 0.00000240. The van der Waals surface area contributed by atoms with E-state index in [-0.39, 0.29) is 24.0 Å². The van der Waals surface area contributed by atoms with Crippen LogP contribution in [-0.4, -0.2) is 56.8 Å². The summed E-state index contributed by atoms with van der Waals surface area (Å²) in [6.45, 7) is 12.5. The van der Waals surface area contributed by atoms with Crippen molar-refractivity contribution < 1.29 is 4.74 Å². The zero-order valence-corrected chi connectivity index (χ0v) is 20.4. The molecule has 6 heteroatoms. The van der Waals surface area contributed by atoms with E-state index in [4.69, 9.17) is 9.73 Å². The van der Waals surface area contributed by atoms with Crippen molar-refractivity contribution in [1.82, 2.24) is 10.2 Å². The topological polar surface area (TPSA) is 40.1 Å². The van der Waals surface area contributed by atoms with Gasteiger partial charge in [0, 0.05) is 50.4 Å². The van der Waals surface area contributed by atoms with Gasteiger partial charge in [-0.1, -0.05) is 19.1 Å². The Bertz CT molecular complexity index is 664. The molecule has 3 aliphatic heterocycles. The fraction of sp³-hybridized carbons (Fsp3) is 0.696. The number of aliphatic imine (C=N–C) groups is 1. The largest absolute Gasteiger partial charge is 0.381 e. The number of likely N-dealkylation sites (tertiary alicyclic amines) is 1. The van der Waals surface area contributed by atoms with E-state index in [1.54, 1.807) is 0 Å². The van der Waals surface area contributed by atoms with Gasteiger partial charge in [0.25, 0.3) is 0 Å². The molecule has 5 nitrogen and oxygen atoms in total. The number of benzene rings is 1. The molecule has 29 heavy (non-hydrogen) atoms. The molecule has 0 aromatic heterocycles. The Kier molecular flexibility index (Phi) is 8.07. The summed E-state index contributed by atoms with van der Waals surface area (Å²) in [5, 5.41) is 3.50. The normalized spacial score (nSPS) is 25.5. The van der Waals surface area contributed by atoms with Gasteiger partial charge >= 0.3 is 0 Å². The van der Waals surface area contributed by atoms with Gasteiger partial charge in [-0.3, -0.25) is 0 Å². The van der Waals surface area contributed by atoms with E-state index in [9.17, 15) is 0 Å². The summed E-state index contributed by atoms with van der Waals surface area (Å²) >= 11 is 0. The monoisotopic (exact) mass is 512 g/mol. The van der Waals surface area contributed by atoms with E-state index in [0.717, 1.165) is 51.3 Å². The van der Waals surface area contributed by atoms with Crippen LogP contribution in [0.15, 0.2) is 29.3 Å². The fourth-order valence-corrected chi connectivity index (χ4v) is 4.76. The van der Waals surface area contributed by atoms with Gasteiger partial charge in [0.05, 0.1) is 13.2 Å². The number of anilines is 1. The molecule has 1 N–H and O–H groups in total. The first kappa shape index (κ1) is 22.7. The lowest BCUT2D eigenvalue weighted by Gasteiger charge is -2.32. The van der Waals surface area contributed by atoms with Gasteiger partial charge < -0.3 is 19.9 Å². The summed E-state index contributed by atoms with van der Waals surface area (Å²) in [4.78, 5) is 9.90. The third-order valence-electron chi connectivity index (χ3n) is 6.75. The molecule has 0 aliphatic carbocycles. The maximum Gasteiger partial charge on any atom is 0.194 e. The van der Waals surface area contributed by atoms with Gasteiger partial charge in [-0.25, -0.2) is 4.99 Å². The molecule has 1 aromatic rings. The quantitative estimate of drug-likeness (QED) is 0.375. The van der Waals surface area contributed by atoms with Gasteiger partial charge in [0.1, 0.15) is 0 Å². The minimum Gasteiger partial charge on any atom is -0.381 e. The Morgan fingerprint density at radius 1 is 1.17 bits per heavy atom. The van der Waals surface area contributed by atoms with E-state index >= 15 is 0 Å². The number of rotatable bonds is 4. The van der Waals surface area contributed by atoms with Crippen LogP contribution in [0, 0.1) is 11.3 Å². The molecule has 3 fully saturated rings. The van der Waals surface area contributed by atoms with Crippen molar-refractivity contribution in [3.05, 3.63) is 29.8 Å². The van der Waals surface area contributed by atoms with Crippen molar-refractivity contribution in [3.8, 4) is 0 Å². The number of ether oxygens (including phenoxy) is 1. The molecule has 0 amide bonds. The smallest absolute Gasteiger partial charge is 0.194 e. The van der Waals surface area contributed by atoms with Crippen LogP contribution in [0.3, 0.4) is 0 Å². The number of halogens is 1. The second-order valence-electron chi connectivity index (χ2n) is 8.98. The van der Waals surface area contributed by atoms with Crippen molar-refractivity contribution in [2.75, 3.05) is 50.8 Å². The molecule has 0 bridgehead atoms. The maximum absolute atomic E-state index is 5.68. The summed E-state index contributed by atoms with van der Waals surface area (Å²) in [7, 11) is 0. The van der Waals surface area contributed by atoms with Crippen LogP contribution in [0.4, 0.5) is 5.69 Å². The van der Waals surface area contributed by atoms with Crippen LogP contribution in [0.1, 0.15) is 45.1 Å². The predicted octanol–water partition coefficient (Wildman–Crippen LogP) is 4.12. The second-order valence-corrected chi connectivity index (χ2v) is 8.98. The lowest BCUT2D eigenvalue weighted by Crippen LogP contribution is -2.41. The van der Waals surface area contributed by atoms with Crippen molar-refractivity contribution in [2.24, 2.45) is 16.3 Å². The van der Waals surface area contributed by atoms with Crippen LogP contribution in [-0.2, 0) is 11.3 Å². The summed E-state index contributed by atoms with van der Waals surface area (Å²) in [6, 6.07) is 9.04. The highest BCUT2D eigenvalue weighted by Crippen LogP contribution is 2.38. The molecule has 162 valence electrons. The molecule has 3 heterocycles. The average molecular weight is 512 g/mol. The number of nitrogens with zero attached hydrogens (tertiary/aromatic N) is 3. The van der Waals surface area contributed by atoms with E-state index in [1.165, 1.54) is 50.0 Å². The van der Waals surface area contributed by atoms with Crippen molar-refractivity contribution in [1.29, 1.82) is 0 Å². The molecule has 0 radical (unpaired) electrons. The van der Waals surface area contributed by atoms with Crippen LogP contribution in [0.2, 0.25) is 0 Å². The van der Waals surface area contributed by atoms with Crippen LogP contribution < -0.4 is 10.2 Å². The summed E-state index contributed by atoms with van der Waals surface area (Å²) in [5.41, 5.74) is 3.00. The lowest BCUT2D eigenvalue weighted by atomic mass is 9.87. The average Bonchev–Trinajstić information content (AvgIpc) is 3.36. The standard InChI is InChI=1S/C23H36N4O.HI/c1-3-24-22(27-14-10-23(17-27)11-15-28-18-23)25-16-20-4-6-21(7-5-20)26-12-8-19(2)9-13-26;/h4-7,19H,3,8-18H2,1-2H3,(H,24,25);1H. The van der Waals surface area contributed by atoms with Gasteiger partial charge in [-0.15, -0.1) is 24.0 Å². The molecule has 4 rings (SSSR count). The molecule has 1 atom stereocenters. The highest BCUT2D eigenvalue weighted by molar-refractivity contribution is 14.0. The molecular weight excluding hydrogens is 475 g/mol. The zero-order chi connectivity index (χ0) is 19.4. The first-order valence-electron chi connectivity index (χ1n) is 11.1. The number of hydrogen-bond donors (Lipinski definition) is 1. The third kappa shape index (κ3) is 5.57. The Morgan fingerprint density at radius 2 is 1.93 bits per heavy atom. The van der Waals surface area contributed by atoms with Crippen LogP contribution >= 0.6 is 24.0 Å². The van der Waals surface area contributed by atoms with Gasteiger partial charge in [-0.05, 0) is 56.2 Å². The van der Waals surface area contributed by atoms with Gasteiger partial charge in [0.15, 0.2) is 5.96 Å². The minimum absolute atomic E-state index is 0. The Morgan fingerprint density at radius 3 is 2.59 bits per heavy atom. The van der Waals surface area contributed by atoms with Crippen LogP contribution in [0.5, 0.6) is 0 Å². The molecular formula is C23H37IN4O. The lowest BCUT2D eigenvalue weighted by molar-refractivity contribution is 0.156. The van der Waals surface area contributed by atoms with E-state index in [1.807, 2.05) is 0 Å². The first-order chi connectivity index (χ1) is 13.7. The van der Waals surface area contributed by atoms with Crippen molar-refractivity contribution in [2.45, 2.75) is 46.1 Å². The second kappa shape index (κ2) is 10.3. The molecule has 1 aromatic carbocycles. The molecule has 3 saturated heterocycles. The minimum atomic E-state index is 0. The first-order valence-corrected chi connectivity index (χ1v) is 11.1. The predicted molar refractivity (Wildman–Crippen MR) is 131 cm³/mol. The van der Waals surface area contributed by atoms with Gasteiger partial charge in [0.2, 0.25) is 0 Å². The Hall–Kier alpha value is -1.02. The van der Waals surface area contributed by atoms with E-state index in [2.05, 4.69) is 53.2 Å². The van der Waals surface area contributed by atoms with E-state index < -0.39 is 0 Å². The fourth-order valence-electron chi connectivity index (χ4n) is 4.76. The Labute approximate surface area is 193 Å². The summed E-state index contributed by atoms with van der Waals surface area (Å²) in [6.07, 6.45) is 5.03. The molecule has 1 spiro atoms. The van der Waals surface area contributed by atoms with Crippen molar-refractivity contribution >= 4 is 35.6 Å². The molecule has 0 saturated carbocycles. The number of nitrogens with one attached hydrogen (secondary N) is 1. The summed E-state index contributed by atoms with van der Waals surface area (Å²) < 4.78 is 5.68. The molecule has 1 unspecified atom stereocenters. The molecule has 3 aliphatic rings. The summed E-state index contributed by atoms with van der Waals surface area (Å²) in [5.74, 6) is 1.93. The number of hydrogen-bond acceptors (Lipinski definition) is 3. The highest BCUT2D eigenvalue weighted by Gasteiger charge is 2.42. The SMILES string of the molecule is CCNC(=NCc1ccc(N2CCC(C)CC2)cc1)N1CCC2(CCOC2)C1.I. The van der Waals surface area contributed by atoms with E-state index in [0.29, 0.717) is 5.41 Å². The highest BCUT2D eigenvalue weighted by atomic mass is 127. The zero-order valence-electron chi connectivity index (χ0n) is 18.0. The maximum atomic E-state index is 5.68. The van der Waals surface area contributed by atoms with Gasteiger partial charge in [-0.2, -0.15) is 0 Å². The number of piperidine rings is 1. The third-order valence-corrected chi connectivity index (χ3v) is 6.75.